The van der Waals surface area contributed by atoms with Crippen LogP contribution in [0.4, 0.5) is 0 Å². The monoisotopic (exact) mass is 333 g/mol. The molecular formula is C12H20IN3. The van der Waals surface area contributed by atoms with Gasteiger partial charge in [-0.15, -0.1) is 24.0 Å². The van der Waals surface area contributed by atoms with Crippen molar-refractivity contribution >= 4 is 29.9 Å². The second-order valence-electron chi connectivity index (χ2n) is 5.15. The Morgan fingerprint density at radius 3 is 2.38 bits per heavy atom. The van der Waals surface area contributed by atoms with E-state index in [0.29, 0.717) is 12.1 Å². The zero-order chi connectivity index (χ0) is 10.3. The zero-order valence-electron chi connectivity index (χ0n) is 9.54. The largest absolute Gasteiger partial charge is 0.352 e. The normalized spacial score (nSPS) is 32.2. The number of halogens is 1. The quantitative estimate of drug-likeness (QED) is 0.599. The first kappa shape index (κ1) is 12.2. The summed E-state index contributed by atoms with van der Waals surface area (Å²) in [5.74, 6) is 1.80. The van der Waals surface area contributed by atoms with Gasteiger partial charge in [-0.1, -0.05) is 12.2 Å². The minimum atomic E-state index is 0. The molecule has 4 heteroatoms. The first-order chi connectivity index (χ1) is 7.31. The Balaban J connectivity index is 0.000000963. The van der Waals surface area contributed by atoms with Crippen LogP contribution < -0.4 is 10.6 Å². The molecule has 3 fully saturated rings. The van der Waals surface area contributed by atoms with E-state index in [1.165, 1.54) is 37.7 Å². The minimum Gasteiger partial charge on any atom is -0.352 e. The molecule has 3 nitrogen and oxygen atoms in total. The standard InChI is InChI=1S/C12H19N3.HI/c1-8-5-9(6-8)7-13-12-14-10-3-2-4-11(10)15-12;/h9-11H,1-7H2,(H2,13,14,15);1H. The van der Waals surface area contributed by atoms with Gasteiger partial charge in [0.05, 0.1) is 0 Å². The zero-order valence-corrected chi connectivity index (χ0v) is 11.9. The molecule has 16 heavy (non-hydrogen) atoms. The van der Waals surface area contributed by atoms with Crippen LogP contribution in [0.25, 0.3) is 0 Å². The number of hydrogen-bond acceptors (Lipinski definition) is 1. The summed E-state index contributed by atoms with van der Waals surface area (Å²) in [4.78, 5) is 4.62. The molecule has 90 valence electrons. The molecule has 0 amide bonds. The molecular weight excluding hydrogens is 313 g/mol. The summed E-state index contributed by atoms with van der Waals surface area (Å²) >= 11 is 0. The van der Waals surface area contributed by atoms with E-state index in [1.54, 1.807) is 0 Å². The SMILES string of the molecule is C=C1CC(CN=C2NC3CCCC3N2)C1.I. The van der Waals surface area contributed by atoms with Gasteiger partial charge in [0, 0.05) is 18.6 Å². The number of guanidine groups is 1. The third-order valence-corrected chi connectivity index (χ3v) is 3.82. The lowest BCUT2D eigenvalue weighted by molar-refractivity contribution is 0.431. The van der Waals surface area contributed by atoms with E-state index in [1.807, 2.05) is 0 Å². The molecule has 0 aromatic heterocycles. The molecule has 2 aliphatic carbocycles. The summed E-state index contributed by atoms with van der Waals surface area (Å²) in [6.45, 7) is 4.92. The van der Waals surface area contributed by atoms with Gasteiger partial charge in [0.25, 0.3) is 0 Å². The molecule has 1 heterocycles. The summed E-state index contributed by atoms with van der Waals surface area (Å²) in [5, 5.41) is 6.97. The summed E-state index contributed by atoms with van der Waals surface area (Å²) in [7, 11) is 0. The lowest BCUT2D eigenvalue weighted by Crippen LogP contribution is -2.29. The Morgan fingerprint density at radius 1 is 1.19 bits per heavy atom. The Morgan fingerprint density at radius 2 is 1.81 bits per heavy atom. The van der Waals surface area contributed by atoms with Crippen LogP contribution in [-0.4, -0.2) is 24.6 Å². The highest BCUT2D eigenvalue weighted by molar-refractivity contribution is 14.0. The van der Waals surface area contributed by atoms with E-state index in [4.69, 9.17) is 0 Å². The molecule has 2 N–H and O–H groups in total. The van der Waals surface area contributed by atoms with Gasteiger partial charge in [0.2, 0.25) is 0 Å². The van der Waals surface area contributed by atoms with Crippen LogP contribution in [0.3, 0.4) is 0 Å². The molecule has 0 aromatic rings. The number of aliphatic imine (C=N–C) groups is 1. The molecule has 1 saturated heterocycles. The van der Waals surface area contributed by atoms with E-state index in [-0.39, 0.29) is 24.0 Å². The fourth-order valence-corrected chi connectivity index (χ4v) is 2.90. The van der Waals surface area contributed by atoms with Gasteiger partial charge < -0.3 is 10.6 Å². The van der Waals surface area contributed by atoms with Crippen molar-refractivity contribution in [1.82, 2.24) is 10.6 Å². The summed E-state index contributed by atoms with van der Waals surface area (Å²) in [6, 6.07) is 1.31. The van der Waals surface area contributed by atoms with Crippen LogP contribution >= 0.6 is 24.0 Å². The van der Waals surface area contributed by atoms with Gasteiger partial charge >= 0.3 is 0 Å². The van der Waals surface area contributed by atoms with Crippen molar-refractivity contribution in [3.8, 4) is 0 Å². The lowest BCUT2D eigenvalue weighted by atomic mass is 9.81. The third kappa shape index (κ3) is 2.36. The molecule has 1 aliphatic heterocycles. The molecule has 0 aromatic carbocycles. The highest BCUT2D eigenvalue weighted by Gasteiger charge is 2.34. The molecule has 2 unspecified atom stereocenters. The number of nitrogens with zero attached hydrogens (tertiary/aromatic N) is 1. The fourth-order valence-electron chi connectivity index (χ4n) is 2.90. The molecule has 3 rings (SSSR count). The predicted molar refractivity (Wildman–Crippen MR) is 77.3 cm³/mol. The van der Waals surface area contributed by atoms with Crippen LogP contribution in [0.5, 0.6) is 0 Å². The van der Waals surface area contributed by atoms with Crippen molar-refractivity contribution in [3.63, 3.8) is 0 Å². The number of nitrogens with one attached hydrogen (secondary N) is 2. The average molecular weight is 333 g/mol. The van der Waals surface area contributed by atoms with Gasteiger partial charge in [-0.3, -0.25) is 4.99 Å². The molecule has 3 aliphatic rings. The minimum absolute atomic E-state index is 0. The molecule has 2 atom stereocenters. The Hall–Kier alpha value is -0.260. The number of rotatable bonds is 2. The van der Waals surface area contributed by atoms with Gasteiger partial charge in [-0.05, 0) is 38.0 Å². The van der Waals surface area contributed by atoms with E-state index in [2.05, 4.69) is 22.2 Å². The Labute approximate surface area is 114 Å². The first-order valence-electron chi connectivity index (χ1n) is 6.05. The highest BCUT2D eigenvalue weighted by Crippen LogP contribution is 2.31. The molecule has 0 spiro atoms. The number of hydrogen-bond donors (Lipinski definition) is 2. The first-order valence-corrected chi connectivity index (χ1v) is 6.05. The van der Waals surface area contributed by atoms with Crippen molar-refractivity contribution in [3.05, 3.63) is 12.2 Å². The summed E-state index contributed by atoms with van der Waals surface area (Å²) < 4.78 is 0. The second kappa shape index (κ2) is 4.94. The average Bonchev–Trinajstić information content (AvgIpc) is 2.69. The third-order valence-electron chi connectivity index (χ3n) is 3.82. The van der Waals surface area contributed by atoms with E-state index < -0.39 is 0 Å². The molecule has 0 bridgehead atoms. The van der Waals surface area contributed by atoms with E-state index in [0.717, 1.165) is 18.4 Å². The topological polar surface area (TPSA) is 36.4 Å². The highest BCUT2D eigenvalue weighted by atomic mass is 127. The van der Waals surface area contributed by atoms with Gasteiger partial charge in [-0.2, -0.15) is 0 Å². The van der Waals surface area contributed by atoms with Crippen LogP contribution in [0.2, 0.25) is 0 Å². The smallest absolute Gasteiger partial charge is 0.191 e. The van der Waals surface area contributed by atoms with Crippen LogP contribution in [-0.2, 0) is 0 Å². The maximum atomic E-state index is 4.62. The van der Waals surface area contributed by atoms with Crippen molar-refractivity contribution in [2.45, 2.75) is 44.2 Å². The van der Waals surface area contributed by atoms with Crippen LogP contribution in [0, 0.1) is 5.92 Å². The van der Waals surface area contributed by atoms with Crippen molar-refractivity contribution < 1.29 is 0 Å². The summed E-state index contributed by atoms with van der Waals surface area (Å²) in [5.41, 5.74) is 1.39. The van der Waals surface area contributed by atoms with Crippen LogP contribution in [0.1, 0.15) is 32.1 Å². The molecule has 0 radical (unpaired) electrons. The van der Waals surface area contributed by atoms with Gasteiger partial charge in [-0.25, -0.2) is 0 Å². The lowest BCUT2D eigenvalue weighted by Gasteiger charge is -2.26. The van der Waals surface area contributed by atoms with Crippen molar-refractivity contribution in [1.29, 1.82) is 0 Å². The second-order valence-corrected chi connectivity index (χ2v) is 5.15. The summed E-state index contributed by atoms with van der Waals surface area (Å²) in [6.07, 6.45) is 6.33. The number of allylic oxidation sites excluding steroid dienone is 1. The maximum Gasteiger partial charge on any atom is 0.191 e. The van der Waals surface area contributed by atoms with Gasteiger partial charge in [0.15, 0.2) is 5.96 Å². The van der Waals surface area contributed by atoms with E-state index >= 15 is 0 Å². The maximum absolute atomic E-state index is 4.62. The number of fused-ring (bicyclic) bond motifs is 1. The van der Waals surface area contributed by atoms with Crippen molar-refractivity contribution in [2.75, 3.05) is 6.54 Å². The van der Waals surface area contributed by atoms with Gasteiger partial charge in [0.1, 0.15) is 0 Å². The van der Waals surface area contributed by atoms with Crippen LogP contribution in [0.15, 0.2) is 17.1 Å². The molecule has 2 saturated carbocycles. The van der Waals surface area contributed by atoms with Crippen molar-refractivity contribution in [2.24, 2.45) is 10.9 Å². The fraction of sp³-hybridized carbons (Fsp3) is 0.750. The predicted octanol–water partition coefficient (Wildman–Crippen LogP) is 2.04. The Kier molecular flexibility index (Phi) is 3.77. The van der Waals surface area contributed by atoms with E-state index in [9.17, 15) is 0 Å². The Bertz CT molecular complexity index is 291.